The lowest BCUT2D eigenvalue weighted by molar-refractivity contribution is -0.116. The van der Waals surface area contributed by atoms with Crippen molar-refractivity contribution in [2.75, 3.05) is 43.5 Å². The van der Waals surface area contributed by atoms with Crippen molar-refractivity contribution in [3.05, 3.63) is 62.7 Å². The van der Waals surface area contributed by atoms with Crippen molar-refractivity contribution >= 4 is 40.0 Å². The molecule has 232 valence electrons. The Balaban J connectivity index is 1.40. The standard InChI is InChI=1S/C29H29ClF3N7O4/c1-14-8-16(24(31)25(32)26(14)42)17-11-38(28-22(17)29(43)40-6-7-44-13-20(40)36-28)12-21(41)34-18-9-19(35-27(33)23(18)30)39-5-4-37(3)10-15(39)2/h8-9,11,15,42H,4-7,10,12-13H2,1-3H3,(H,34,35,41)/t15-/m0/s1. The van der Waals surface area contributed by atoms with Gasteiger partial charge < -0.3 is 29.5 Å². The number of amides is 1. The molecule has 0 aliphatic carbocycles. The fraction of sp³-hybridized carbons (Fsp3) is 0.379. The topological polar surface area (TPSA) is 118 Å². The Morgan fingerprint density at radius 2 is 1.93 bits per heavy atom. The number of hydrogen-bond acceptors (Lipinski definition) is 8. The van der Waals surface area contributed by atoms with E-state index in [0.29, 0.717) is 18.2 Å². The number of benzene rings is 1. The maximum atomic E-state index is 15.2. The fourth-order valence-electron chi connectivity index (χ4n) is 5.78. The Labute approximate surface area is 254 Å². The van der Waals surface area contributed by atoms with Crippen molar-refractivity contribution in [2.24, 2.45) is 0 Å². The molecule has 1 fully saturated rings. The summed E-state index contributed by atoms with van der Waals surface area (Å²) in [6.45, 7) is 5.53. The van der Waals surface area contributed by atoms with E-state index in [4.69, 9.17) is 16.3 Å². The Morgan fingerprint density at radius 1 is 1.16 bits per heavy atom. The van der Waals surface area contributed by atoms with E-state index in [1.165, 1.54) is 34.4 Å². The number of rotatable bonds is 5. The quantitative estimate of drug-likeness (QED) is 0.321. The number of likely N-dealkylation sites (N-methyl/N-ethyl adjacent to an activating group) is 1. The summed E-state index contributed by atoms with van der Waals surface area (Å²) in [6.07, 6.45) is 1.33. The number of carbonyl (C=O) groups is 1. The summed E-state index contributed by atoms with van der Waals surface area (Å²) in [6, 6.07) is 2.75. The second-order valence-corrected chi connectivity index (χ2v) is 11.5. The van der Waals surface area contributed by atoms with Gasteiger partial charge in [-0.2, -0.15) is 8.78 Å². The highest BCUT2D eigenvalue weighted by Gasteiger charge is 2.28. The number of nitrogens with zero attached hydrogens (tertiary/aromatic N) is 6. The Hall–Kier alpha value is -4.14. The van der Waals surface area contributed by atoms with Gasteiger partial charge in [0.1, 0.15) is 35.5 Å². The van der Waals surface area contributed by atoms with Crippen LogP contribution in [0, 0.1) is 24.5 Å². The van der Waals surface area contributed by atoms with Gasteiger partial charge in [-0.3, -0.25) is 14.2 Å². The van der Waals surface area contributed by atoms with Crippen molar-refractivity contribution in [2.45, 2.75) is 39.6 Å². The second kappa shape index (κ2) is 11.4. The molecule has 1 amide bonds. The van der Waals surface area contributed by atoms with E-state index in [9.17, 15) is 23.5 Å². The minimum absolute atomic E-state index is 0.00284. The maximum Gasteiger partial charge on any atom is 0.263 e. The zero-order valence-electron chi connectivity index (χ0n) is 24.1. The Morgan fingerprint density at radius 3 is 2.68 bits per heavy atom. The van der Waals surface area contributed by atoms with Crippen molar-refractivity contribution in [1.29, 1.82) is 0 Å². The van der Waals surface area contributed by atoms with Crippen LogP contribution in [0.5, 0.6) is 5.75 Å². The van der Waals surface area contributed by atoms with Crippen LogP contribution < -0.4 is 15.8 Å². The van der Waals surface area contributed by atoms with E-state index in [2.05, 4.69) is 20.2 Å². The molecule has 0 radical (unpaired) electrons. The van der Waals surface area contributed by atoms with Gasteiger partial charge in [0, 0.05) is 49.1 Å². The Kier molecular flexibility index (Phi) is 7.76. The number of phenols is 1. The number of carbonyl (C=O) groups excluding carboxylic acids is 1. The Bertz CT molecular complexity index is 1880. The minimum atomic E-state index is -1.46. The first-order chi connectivity index (χ1) is 20.9. The molecule has 0 unspecified atom stereocenters. The number of aromatic nitrogens is 4. The van der Waals surface area contributed by atoms with Crippen LogP contribution in [0.15, 0.2) is 23.1 Å². The summed E-state index contributed by atoms with van der Waals surface area (Å²) in [5.41, 5.74) is -0.705. The van der Waals surface area contributed by atoms with E-state index in [0.717, 1.165) is 13.1 Å². The molecule has 2 N–H and O–H groups in total. The average Bonchev–Trinajstić information content (AvgIpc) is 3.34. The molecule has 15 heteroatoms. The largest absolute Gasteiger partial charge is 0.505 e. The van der Waals surface area contributed by atoms with Gasteiger partial charge >= 0.3 is 0 Å². The van der Waals surface area contributed by atoms with E-state index in [1.807, 2.05) is 18.9 Å². The second-order valence-electron chi connectivity index (χ2n) is 11.1. The molecule has 11 nitrogen and oxygen atoms in total. The van der Waals surface area contributed by atoms with E-state index in [1.54, 1.807) is 0 Å². The highest BCUT2D eigenvalue weighted by atomic mass is 35.5. The number of hydrogen-bond donors (Lipinski definition) is 2. The molecule has 1 saturated heterocycles. The van der Waals surface area contributed by atoms with Crippen molar-refractivity contribution < 1.29 is 27.8 Å². The van der Waals surface area contributed by atoms with Crippen LogP contribution in [0.25, 0.3) is 22.2 Å². The first-order valence-electron chi connectivity index (χ1n) is 13.9. The van der Waals surface area contributed by atoms with Crippen molar-refractivity contribution in [3.63, 3.8) is 0 Å². The number of piperazine rings is 1. The summed E-state index contributed by atoms with van der Waals surface area (Å²) in [5, 5.41) is 12.1. The normalized spacial score (nSPS) is 17.2. The van der Waals surface area contributed by atoms with Gasteiger partial charge in [-0.25, -0.2) is 14.4 Å². The van der Waals surface area contributed by atoms with Crippen LogP contribution in [0.2, 0.25) is 5.02 Å². The van der Waals surface area contributed by atoms with Crippen molar-refractivity contribution in [3.8, 4) is 16.9 Å². The molecule has 5 heterocycles. The number of halogens is 4. The lowest BCUT2D eigenvalue weighted by Gasteiger charge is -2.39. The van der Waals surface area contributed by atoms with Crippen LogP contribution in [-0.2, 0) is 29.2 Å². The van der Waals surface area contributed by atoms with E-state index >= 15 is 4.39 Å². The third kappa shape index (κ3) is 5.16. The van der Waals surface area contributed by atoms with E-state index < -0.39 is 41.3 Å². The van der Waals surface area contributed by atoms with Crippen LogP contribution in [-0.4, -0.2) is 74.3 Å². The first-order valence-corrected chi connectivity index (χ1v) is 14.3. The van der Waals surface area contributed by atoms with Gasteiger partial charge in [0.05, 0.1) is 24.2 Å². The zero-order chi connectivity index (χ0) is 31.4. The number of aryl methyl sites for hydroxylation is 1. The molecule has 4 aromatic rings. The van der Waals surface area contributed by atoms with E-state index in [-0.39, 0.29) is 64.2 Å². The number of pyridine rings is 1. The number of fused-ring (bicyclic) bond motifs is 2. The summed E-state index contributed by atoms with van der Waals surface area (Å²) in [5.74, 6) is -4.63. The van der Waals surface area contributed by atoms with Gasteiger partial charge in [-0.05, 0) is 32.5 Å². The van der Waals surface area contributed by atoms with Crippen LogP contribution in [0.3, 0.4) is 0 Å². The molecule has 0 bridgehead atoms. The molecule has 1 aromatic carbocycles. The summed E-state index contributed by atoms with van der Waals surface area (Å²) in [4.78, 5) is 39.6. The van der Waals surface area contributed by atoms with Crippen LogP contribution >= 0.6 is 11.6 Å². The fourth-order valence-corrected chi connectivity index (χ4v) is 5.93. The maximum absolute atomic E-state index is 15.2. The van der Waals surface area contributed by atoms with Gasteiger partial charge in [-0.1, -0.05) is 11.6 Å². The van der Waals surface area contributed by atoms with Crippen molar-refractivity contribution in [1.82, 2.24) is 24.0 Å². The molecule has 0 saturated carbocycles. The summed E-state index contributed by atoms with van der Waals surface area (Å²) < 4.78 is 52.7. The molecule has 2 aliphatic heterocycles. The molecular weight excluding hydrogens is 603 g/mol. The molecule has 0 spiro atoms. The number of aromatic hydroxyl groups is 1. The molecule has 44 heavy (non-hydrogen) atoms. The molecule has 2 aliphatic rings. The minimum Gasteiger partial charge on any atom is -0.505 e. The molecule has 6 rings (SSSR count). The monoisotopic (exact) mass is 631 g/mol. The number of anilines is 2. The average molecular weight is 632 g/mol. The third-order valence-electron chi connectivity index (χ3n) is 8.02. The lowest BCUT2D eigenvalue weighted by atomic mass is 10.0. The van der Waals surface area contributed by atoms with Crippen LogP contribution in [0.4, 0.5) is 24.7 Å². The third-order valence-corrected chi connectivity index (χ3v) is 8.38. The predicted molar refractivity (Wildman–Crippen MR) is 158 cm³/mol. The number of nitrogens with one attached hydrogen (secondary N) is 1. The molecule has 1 atom stereocenters. The highest BCUT2D eigenvalue weighted by Crippen LogP contribution is 2.36. The summed E-state index contributed by atoms with van der Waals surface area (Å²) >= 11 is 6.20. The summed E-state index contributed by atoms with van der Waals surface area (Å²) in [7, 11) is 1.99. The zero-order valence-corrected chi connectivity index (χ0v) is 24.9. The molecule has 3 aromatic heterocycles. The molecular formula is C29H29ClF3N7O4. The van der Waals surface area contributed by atoms with Gasteiger partial charge in [0.25, 0.3) is 5.56 Å². The number of phenolic OH excluding ortho intramolecular Hbond substituents is 1. The predicted octanol–water partition coefficient (Wildman–Crippen LogP) is 3.65. The van der Waals surface area contributed by atoms with Gasteiger partial charge in [0.15, 0.2) is 11.6 Å². The van der Waals surface area contributed by atoms with Crippen LogP contribution in [0.1, 0.15) is 18.3 Å². The van der Waals surface area contributed by atoms with Gasteiger partial charge in [-0.15, -0.1) is 0 Å². The SMILES string of the molecule is Cc1cc(-c2cn(CC(=O)Nc3cc(N4CCN(C)C[C@@H]4C)nc(F)c3Cl)c3nc4n(c(=O)c23)CCOC4)c(F)c(F)c1O. The highest BCUT2D eigenvalue weighted by molar-refractivity contribution is 6.33. The van der Waals surface area contributed by atoms with Gasteiger partial charge in [0.2, 0.25) is 17.7 Å². The lowest BCUT2D eigenvalue weighted by Crippen LogP contribution is -2.50. The first kappa shape index (κ1) is 29.9. The smallest absolute Gasteiger partial charge is 0.263 e. The number of ether oxygens (including phenoxy) is 1.